The van der Waals surface area contributed by atoms with Gasteiger partial charge in [-0.15, -0.1) is 0 Å². The van der Waals surface area contributed by atoms with Gasteiger partial charge in [0.2, 0.25) is 0 Å². The predicted molar refractivity (Wildman–Crippen MR) is 52.8 cm³/mol. The standard InChI is InChI=1S/C10H15NO2/c1-8(7-12-2)13-10-5-3-4-9(11)6-10/h3-6,8H,7,11H2,1-2H3. The van der Waals surface area contributed by atoms with Crippen LogP contribution in [-0.4, -0.2) is 19.8 Å². The van der Waals surface area contributed by atoms with E-state index in [1.54, 1.807) is 13.2 Å². The summed E-state index contributed by atoms with van der Waals surface area (Å²) in [6.45, 7) is 2.53. The second-order valence-electron chi connectivity index (χ2n) is 2.96. The van der Waals surface area contributed by atoms with Crippen molar-refractivity contribution in [3.8, 4) is 5.75 Å². The molecule has 0 saturated carbocycles. The average Bonchev–Trinajstić information content (AvgIpc) is 2.04. The molecule has 3 heteroatoms. The summed E-state index contributed by atoms with van der Waals surface area (Å²) in [5.74, 6) is 0.782. The number of nitrogens with two attached hydrogens (primary N) is 1. The first-order valence-corrected chi connectivity index (χ1v) is 4.23. The summed E-state index contributed by atoms with van der Waals surface area (Å²) < 4.78 is 10.5. The van der Waals surface area contributed by atoms with Crippen LogP contribution in [0.5, 0.6) is 5.75 Å². The fraction of sp³-hybridized carbons (Fsp3) is 0.400. The van der Waals surface area contributed by atoms with Crippen LogP contribution < -0.4 is 10.5 Å². The molecule has 0 saturated heterocycles. The largest absolute Gasteiger partial charge is 0.488 e. The summed E-state index contributed by atoms with van der Waals surface area (Å²) in [5.41, 5.74) is 6.31. The Kier molecular flexibility index (Phi) is 3.58. The van der Waals surface area contributed by atoms with Crippen LogP contribution in [0.2, 0.25) is 0 Å². The van der Waals surface area contributed by atoms with E-state index in [0.717, 1.165) is 5.75 Å². The van der Waals surface area contributed by atoms with E-state index in [9.17, 15) is 0 Å². The average molecular weight is 181 g/mol. The number of ether oxygens (including phenoxy) is 2. The van der Waals surface area contributed by atoms with Crippen LogP contribution in [0.3, 0.4) is 0 Å². The third-order valence-electron chi connectivity index (χ3n) is 1.60. The van der Waals surface area contributed by atoms with E-state index >= 15 is 0 Å². The molecule has 0 aliphatic carbocycles. The van der Waals surface area contributed by atoms with Crippen LogP contribution in [0, 0.1) is 0 Å². The lowest BCUT2D eigenvalue weighted by molar-refractivity contribution is 0.0921. The maximum absolute atomic E-state index is 5.60. The Bertz CT molecular complexity index is 263. The highest BCUT2D eigenvalue weighted by atomic mass is 16.5. The summed E-state index contributed by atoms with van der Waals surface area (Å²) in [4.78, 5) is 0. The predicted octanol–water partition coefficient (Wildman–Crippen LogP) is 1.68. The molecule has 1 aromatic carbocycles. The lowest BCUT2D eigenvalue weighted by Crippen LogP contribution is -2.17. The summed E-state index contributed by atoms with van der Waals surface area (Å²) >= 11 is 0. The molecule has 1 aromatic rings. The first-order chi connectivity index (χ1) is 6.22. The Morgan fingerprint density at radius 1 is 1.46 bits per heavy atom. The van der Waals surface area contributed by atoms with Gasteiger partial charge in [0.1, 0.15) is 11.9 Å². The number of hydrogen-bond donors (Lipinski definition) is 1. The molecule has 1 rings (SSSR count). The van der Waals surface area contributed by atoms with E-state index in [4.69, 9.17) is 15.2 Å². The Labute approximate surface area is 78.5 Å². The Balaban J connectivity index is 2.53. The summed E-state index contributed by atoms with van der Waals surface area (Å²) in [5, 5.41) is 0. The van der Waals surface area contributed by atoms with Crippen LogP contribution in [0.25, 0.3) is 0 Å². The molecule has 3 nitrogen and oxygen atoms in total. The van der Waals surface area contributed by atoms with E-state index in [1.807, 2.05) is 25.1 Å². The van der Waals surface area contributed by atoms with Gasteiger partial charge >= 0.3 is 0 Å². The van der Waals surface area contributed by atoms with Gasteiger partial charge in [-0.05, 0) is 19.1 Å². The van der Waals surface area contributed by atoms with Gasteiger partial charge < -0.3 is 15.2 Å². The maximum atomic E-state index is 5.60. The van der Waals surface area contributed by atoms with Gasteiger partial charge in [0.25, 0.3) is 0 Å². The SMILES string of the molecule is COCC(C)Oc1cccc(N)c1. The van der Waals surface area contributed by atoms with Crippen LogP contribution >= 0.6 is 0 Å². The first kappa shape index (κ1) is 9.86. The maximum Gasteiger partial charge on any atom is 0.121 e. The number of hydrogen-bond acceptors (Lipinski definition) is 3. The van der Waals surface area contributed by atoms with E-state index < -0.39 is 0 Å². The molecule has 0 aromatic heterocycles. The minimum atomic E-state index is 0.0480. The normalized spacial score (nSPS) is 12.5. The van der Waals surface area contributed by atoms with E-state index in [2.05, 4.69) is 0 Å². The van der Waals surface area contributed by atoms with Gasteiger partial charge in [-0.1, -0.05) is 6.07 Å². The lowest BCUT2D eigenvalue weighted by Gasteiger charge is -2.13. The third-order valence-corrected chi connectivity index (χ3v) is 1.60. The van der Waals surface area contributed by atoms with Crippen molar-refractivity contribution in [1.29, 1.82) is 0 Å². The van der Waals surface area contributed by atoms with Crippen molar-refractivity contribution in [3.63, 3.8) is 0 Å². The number of methoxy groups -OCH3 is 1. The second kappa shape index (κ2) is 4.72. The van der Waals surface area contributed by atoms with Crippen LogP contribution in [0.4, 0.5) is 5.69 Å². The van der Waals surface area contributed by atoms with Crippen molar-refractivity contribution in [1.82, 2.24) is 0 Å². The van der Waals surface area contributed by atoms with Crippen LogP contribution in [0.1, 0.15) is 6.92 Å². The quantitative estimate of drug-likeness (QED) is 0.719. The van der Waals surface area contributed by atoms with Crippen molar-refractivity contribution in [2.75, 3.05) is 19.5 Å². The van der Waals surface area contributed by atoms with Gasteiger partial charge in [0, 0.05) is 18.9 Å². The minimum absolute atomic E-state index is 0.0480. The van der Waals surface area contributed by atoms with E-state index in [1.165, 1.54) is 0 Å². The highest BCUT2D eigenvalue weighted by molar-refractivity contribution is 5.43. The second-order valence-corrected chi connectivity index (χ2v) is 2.96. The minimum Gasteiger partial charge on any atom is -0.488 e. The summed E-state index contributed by atoms with van der Waals surface area (Å²) in [6, 6.07) is 7.37. The van der Waals surface area contributed by atoms with Crippen LogP contribution in [0.15, 0.2) is 24.3 Å². The molecule has 13 heavy (non-hydrogen) atoms. The molecule has 0 heterocycles. The topological polar surface area (TPSA) is 44.5 Å². The highest BCUT2D eigenvalue weighted by Crippen LogP contribution is 2.15. The monoisotopic (exact) mass is 181 g/mol. The molecule has 0 aliphatic heterocycles. The molecule has 0 amide bonds. The molecule has 72 valence electrons. The zero-order chi connectivity index (χ0) is 9.68. The zero-order valence-electron chi connectivity index (χ0n) is 7.99. The van der Waals surface area contributed by atoms with E-state index in [0.29, 0.717) is 12.3 Å². The Morgan fingerprint density at radius 2 is 2.23 bits per heavy atom. The molecular formula is C10H15NO2. The number of benzene rings is 1. The molecule has 0 aliphatic rings. The van der Waals surface area contributed by atoms with Gasteiger partial charge in [-0.3, -0.25) is 0 Å². The summed E-state index contributed by atoms with van der Waals surface area (Å²) in [6.07, 6.45) is 0.0480. The third kappa shape index (κ3) is 3.34. The van der Waals surface area contributed by atoms with Gasteiger partial charge in [-0.2, -0.15) is 0 Å². The molecule has 0 fully saturated rings. The zero-order valence-corrected chi connectivity index (χ0v) is 7.99. The van der Waals surface area contributed by atoms with Gasteiger partial charge in [-0.25, -0.2) is 0 Å². The molecule has 0 spiro atoms. The van der Waals surface area contributed by atoms with Crippen molar-refractivity contribution < 1.29 is 9.47 Å². The van der Waals surface area contributed by atoms with E-state index in [-0.39, 0.29) is 6.10 Å². The smallest absolute Gasteiger partial charge is 0.121 e. The first-order valence-electron chi connectivity index (χ1n) is 4.23. The number of anilines is 1. The van der Waals surface area contributed by atoms with Crippen molar-refractivity contribution in [3.05, 3.63) is 24.3 Å². The summed E-state index contributed by atoms with van der Waals surface area (Å²) in [7, 11) is 1.65. The van der Waals surface area contributed by atoms with Gasteiger partial charge in [0.15, 0.2) is 0 Å². The van der Waals surface area contributed by atoms with Crippen molar-refractivity contribution in [2.24, 2.45) is 0 Å². The molecule has 1 unspecified atom stereocenters. The Hall–Kier alpha value is -1.22. The fourth-order valence-corrected chi connectivity index (χ4v) is 1.09. The van der Waals surface area contributed by atoms with Crippen LogP contribution in [-0.2, 0) is 4.74 Å². The molecule has 1 atom stereocenters. The molecule has 2 N–H and O–H groups in total. The molecule has 0 radical (unpaired) electrons. The van der Waals surface area contributed by atoms with Crippen molar-refractivity contribution >= 4 is 5.69 Å². The lowest BCUT2D eigenvalue weighted by atomic mass is 10.3. The van der Waals surface area contributed by atoms with Crippen molar-refractivity contribution in [2.45, 2.75) is 13.0 Å². The highest BCUT2D eigenvalue weighted by Gasteiger charge is 2.02. The number of rotatable bonds is 4. The number of nitrogen functional groups attached to an aromatic ring is 1. The Morgan fingerprint density at radius 3 is 2.85 bits per heavy atom. The van der Waals surface area contributed by atoms with Gasteiger partial charge in [0.05, 0.1) is 6.61 Å². The fourth-order valence-electron chi connectivity index (χ4n) is 1.09. The molecular weight excluding hydrogens is 166 g/mol. The molecule has 0 bridgehead atoms.